The van der Waals surface area contributed by atoms with Crippen LogP contribution in [-0.2, 0) is 29.4 Å². The summed E-state index contributed by atoms with van der Waals surface area (Å²) in [5, 5.41) is 26.5. The lowest BCUT2D eigenvalue weighted by atomic mass is 9.74. The molecule has 6 amide bonds. The first-order chi connectivity index (χ1) is 21.6. The van der Waals surface area contributed by atoms with Gasteiger partial charge in [0.25, 0.3) is 5.91 Å². The fourth-order valence-electron chi connectivity index (χ4n) is 5.06. The van der Waals surface area contributed by atoms with E-state index in [1.807, 2.05) is 0 Å². The van der Waals surface area contributed by atoms with Gasteiger partial charge in [0.05, 0.1) is 6.42 Å². The van der Waals surface area contributed by atoms with Gasteiger partial charge in [-0.15, -0.1) is 0 Å². The number of hydrogen-bond acceptors (Lipinski definition) is 9. The van der Waals surface area contributed by atoms with Crippen molar-refractivity contribution in [3.05, 3.63) is 42.0 Å². The third-order valence-corrected chi connectivity index (χ3v) is 7.57. The van der Waals surface area contributed by atoms with E-state index in [1.54, 1.807) is 37.3 Å². The SMILES string of the molecule is CCC1(c2ccccc2)C(=O)NC(=O)N(CCCCC(=O)NCCCCCCNC(=O)CCC(=O)Oc2cc(O)[nH]c2O)C1=O. The van der Waals surface area contributed by atoms with Crippen molar-refractivity contribution in [2.45, 2.75) is 76.5 Å². The molecule has 1 unspecified atom stereocenters. The van der Waals surface area contributed by atoms with E-state index in [4.69, 9.17) is 4.74 Å². The number of carbonyl (C=O) groups is 6. The second-order valence-electron chi connectivity index (χ2n) is 10.8. The molecule has 14 nitrogen and oxygen atoms in total. The van der Waals surface area contributed by atoms with E-state index in [0.717, 1.165) is 36.6 Å². The highest BCUT2D eigenvalue weighted by Crippen LogP contribution is 2.33. The number of carbonyl (C=O) groups excluding carboxylic acids is 6. The third kappa shape index (κ3) is 9.55. The Morgan fingerprint density at radius 1 is 0.867 bits per heavy atom. The maximum absolute atomic E-state index is 13.4. The van der Waals surface area contributed by atoms with Crippen LogP contribution in [0, 0.1) is 0 Å². The Kier molecular flexibility index (Phi) is 12.9. The topological polar surface area (TPSA) is 207 Å². The first-order valence-electron chi connectivity index (χ1n) is 15.2. The molecule has 0 bridgehead atoms. The van der Waals surface area contributed by atoms with Gasteiger partial charge in [-0.25, -0.2) is 4.79 Å². The van der Waals surface area contributed by atoms with Crippen LogP contribution in [0.4, 0.5) is 4.79 Å². The number of rotatable bonds is 18. The molecular weight excluding hydrogens is 586 g/mol. The number of amides is 6. The number of aromatic nitrogens is 1. The van der Waals surface area contributed by atoms with Crippen LogP contribution in [0.2, 0.25) is 0 Å². The first kappa shape index (κ1) is 34.6. The van der Waals surface area contributed by atoms with Gasteiger partial charge in [0, 0.05) is 38.5 Å². The Labute approximate surface area is 260 Å². The van der Waals surface area contributed by atoms with Crippen molar-refractivity contribution in [1.29, 1.82) is 0 Å². The monoisotopic (exact) mass is 627 g/mol. The number of aromatic amines is 1. The number of imide groups is 2. The number of nitrogens with zero attached hydrogens (tertiary/aromatic N) is 1. The summed E-state index contributed by atoms with van der Waals surface area (Å²) in [6.45, 7) is 2.79. The number of benzene rings is 1. The molecule has 45 heavy (non-hydrogen) atoms. The van der Waals surface area contributed by atoms with Crippen molar-refractivity contribution in [3.63, 3.8) is 0 Å². The van der Waals surface area contributed by atoms with Crippen molar-refractivity contribution < 1.29 is 43.7 Å². The van der Waals surface area contributed by atoms with E-state index in [2.05, 4.69) is 20.9 Å². The summed E-state index contributed by atoms with van der Waals surface area (Å²) in [7, 11) is 0. The van der Waals surface area contributed by atoms with Gasteiger partial charge < -0.3 is 25.6 Å². The first-order valence-corrected chi connectivity index (χ1v) is 15.2. The number of aromatic hydroxyl groups is 2. The molecule has 1 aromatic carbocycles. The van der Waals surface area contributed by atoms with Gasteiger partial charge in [-0.3, -0.25) is 39.2 Å². The molecule has 2 heterocycles. The average molecular weight is 628 g/mol. The van der Waals surface area contributed by atoms with Crippen molar-refractivity contribution in [2.24, 2.45) is 0 Å². The number of esters is 1. The molecule has 1 aromatic heterocycles. The number of ether oxygens (including phenoxy) is 1. The second kappa shape index (κ2) is 16.8. The molecular formula is C31H41N5O9. The van der Waals surface area contributed by atoms with Gasteiger partial charge in [0.2, 0.25) is 23.6 Å². The highest BCUT2D eigenvalue weighted by molar-refractivity contribution is 6.22. The smallest absolute Gasteiger partial charge is 0.330 e. The summed E-state index contributed by atoms with van der Waals surface area (Å²) in [5.74, 6) is -3.36. The zero-order chi connectivity index (χ0) is 32.8. The largest absolute Gasteiger partial charge is 0.494 e. The summed E-state index contributed by atoms with van der Waals surface area (Å²) < 4.78 is 4.87. The maximum atomic E-state index is 13.4. The molecule has 1 atom stereocenters. The molecule has 14 heteroatoms. The number of nitrogens with one attached hydrogen (secondary N) is 4. The summed E-state index contributed by atoms with van der Waals surface area (Å²) in [6, 6.07) is 8.99. The fraction of sp³-hybridized carbons (Fsp3) is 0.484. The number of urea groups is 1. The minimum Gasteiger partial charge on any atom is -0.494 e. The molecule has 1 aliphatic heterocycles. The molecule has 244 valence electrons. The molecule has 6 N–H and O–H groups in total. The lowest BCUT2D eigenvalue weighted by molar-refractivity contribution is -0.145. The molecule has 1 aliphatic rings. The number of barbiturate groups is 1. The van der Waals surface area contributed by atoms with Crippen molar-refractivity contribution >= 4 is 35.6 Å². The third-order valence-electron chi connectivity index (χ3n) is 7.57. The van der Waals surface area contributed by atoms with Crippen molar-refractivity contribution in [1.82, 2.24) is 25.8 Å². The number of hydrogen-bond donors (Lipinski definition) is 6. The zero-order valence-electron chi connectivity index (χ0n) is 25.4. The van der Waals surface area contributed by atoms with Crippen molar-refractivity contribution in [2.75, 3.05) is 19.6 Å². The molecule has 1 saturated heterocycles. The Balaban J connectivity index is 1.22. The minimum atomic E-state index is -1.46. The molecule has 0 saturated carbocycles. The fourth-order valence-corrected chi connectivity index (χ4v) is 5.06. The number of H-pyrrole nitrogens is 1. The van der Waals surface area contributed by atoms with E-state index < -0.39 is 35.1 Å². The maximum Gasteiger partial charge on any atom is 0.330 e. The van der Waals surface area contributed by atoms with Gasteiger partial charge >= 0.3 is 12.0 Å². The van der Waals surface area contributed by atoms with Crippen LogP contribution in [0.15, 0.2) is 36.4 Å². The Morgan fingerprint density at radius 2 is 1.51 bits per heavy atom. The van der Waals surface area contributed by atoms with Gasteiger partial charge in [-0.05, 0) is 37.7 Å². The standard InChI is InChI=1S/C31H41N5O9/c1-2-31(21-12-6-5-7-13-21)28(42)35-30(44)36(29(31)43)19-11-8-14-23(37)32-17-9-3-4-10-18-33-24(38)15-16-26(40)45-22-20-25(39)34-27(22)41/h5-7,12-13,20,34,39,41H,2-4,8-11,14-19H2,1H3,(H,32,37)(H,33,38)(H,35,42,44). The van der Waals surface area contributed by atoms with Crippen molar-refractivity contribution in [3.8, 4) is 17.5 Å². The second-order valence-corrected chi connectivity index (χ2v) is 10.8. The summed E-state index contributed by atoms with van der Waals surface area (Å²) in [5.41, 5.74) is -0.928. The summed E-state index contributed by atoms with van der Waals surface area (Å²) in [4.78, 5) is 77.7. The Morgan fingerprint density at radius 3 is 2.11 bits per heavy atom. The van der Waals surface area contributed by atoms with E-state index >= 15 is 0 Å². The summed E-state index contributed by atoms with van der Waals surface area (Å²) >= 11 is 0. The van der Waals surface area contributed by atoms with Gasteiger partial charge in [-0.1, -0.05) is 50.1 Å². The van der Waals surface area contributed by atoms with Gasteiger partial charge in [0.1, 0.15) is 0 Å². The van der Waals surface area contributed by atoms with Crippen LogP contribution in [0.5, 0.6) is 17.5 Å². The van der Waals surface area contributed by atoms with E-state index in [-0.39, 0.29) is 55.7 Å². The average Bonchev–Trinajstić information content (AvgIpc) is 3.33. The highest BCUT2D eigenvalue weighted by Gasteiger charge is 2.53. The quantitative estimate of drug-likeness (QED) is 0.0814. The molecule has 0 spiro atoms. The van der Waals surface area contributed by atoms with Crippen LogP contribution < -0.4 is 20.7 Å². The summed E-state index contributed by atoms with van der Waals surface area (Å²) in [6.07, 6.45) is 4.27. The molecule has 2 aromatic rings. The molecule has 1 fully saturated rings. The lowest BCUT2D eigenvalue weighted by Crippen LogP contribution is -2.65. The minimum absolute atomic E-state index is 0.0730. The molecule has 0 aliphatic carbocycles. The Bertz CT molecular complexity index is 1360. The molecule has 3 rings (SSSR count). The predicted molar refractivity (Wildman–Crippen MR) is 161 cm³/mol. The van der Waals surface area contributed by atoms with Crippen LogP contribution in [0.1, 0.15) is 76.7 Å². The van der Waals surface area contributed by atoms with E-state index in [9.17, 15) is 39.0 Å². The lowest BCUT2D eigenvalue weighted by Gasteiger charge is -2.39. The van der Waals surface area contributed by atoms with Crippen LogP contribution >= 0.6 is 0 Å². The van der Waals surface area contributed by atoms with Gasteiger partial charge in [0.15, 0.2) is 17.0 Å². The zero-order valence-corrected chi connectivity index (χ0v) is 25.4. The van der Waals surface area contributed by atoms with Gasteiger partial charge in [-0.2, -0.15) is 0 Å². The van der Waals surface area contributed by atoms with Crippen LogP contribution in [0.3, 0.4) is 0 Å². The number of unbranched alkanes of at least 4 members (excludes halogenated alkanes) is 4. The highest BCUT2D eigenvalue weighted by atomic mass is 16.5. The predicted octanol–water partition coefficient (Wildman–Crippen LogP) is 2.50. The van der Waals surface area contributed by atoms with Crippen LogP contribution in [-0.4, -0.2) is 75.4 Å². The van der Waals surface area contributed by atoms with E-state index in [1.165, 1.54) is 0 Å². The normalized spacial score (nSPS) is 16.3. The van der Waals surface area contributed by atoms with E-state index in [0.29, 0.717) is 31.5 Å². The Hall–Kier alpha value is -4.88. The van der Waals surface area contributed by atoms with Crippen LogP contribution in [0.25, 0.3) is 0 Å². The molecule has 0 radical (unpaired) electrons.